The lowest BCUT2D eigenvalue weighted by atomic mass is 9.91. The van der Waals surface area contributed by atoms with Gasteiger partial charge in [0, 0.05) is 52.4 Å². The number of carboxylic acid groups (broad SMARTS) is 1. The lowest BCUT2D eigenvalue weighted by Crippen LogP contribution is -2.19. The van der Waals surface area contributed by atoms with Gasteiger partial charge in [-0.15, -0.1) is 0 Å². The third-order valence-corrected chi connectivity index (χ3v) is 6.57. The predicted octanol–water partition coefficient (Wildman–Crippen LogP) is 5.00. The average Bonchev–Trinajstić information content (AvgIpc) is 3.36. The van der Waals surface area contributed by atoms with E-state index in [-0.39, 0.29) is 24.5 Å². The van der Waals surface area contributed by atoms with Crippen molar-refractivity contribution in [2.24, 2.45) is 0 Å². The van der Waals surface area contributed by atoms with E-state index in [1.54, 1.807) is 24.3 Å². The third kappa shape index (κ3) is 5.02. The molecule has 0 bridgehead atoms. The van der Waals surface area contributed by atoms with Crippen molar-refractivity contribution in [1.82, 2.24) is 4.98 Å². The van der Waals surface area contributed by atoms with Gasteiger partial charge in [-0.2, -0.15) is 0 Å². The Bertz CT molecular complexity index is 1470. The van der Waals surface area contributed by atoms with Crippen LogP contribution in [0.4, 0.5) is 21.9 Å². The Morgan fingerprint density at radius 3 is 2.51 bits per heavy atom. The number of hydrogen-bond acceptors (Lipinski definition) is 4. The second-order valence-electron chi connectivity index (χ2n) is 9.26. The summed E-state index contributed by atoms with van der Waals surface area (Å²) in [6.45, 7) is 1.96. The van der Waals surface area contributed by atoms with E-state index in [1.807, 2.05) is 31.2 Å². The Balaban J connectivity index is 1.45. The summed E-state index contributed by atoms with van der Waals surface area (Å²) in [5, 5.41) is 17.6. The first-order chi connectivity index (χ1) is 17.8. The molecule has 0 saturated carbocycles. The SMILES string of the molecule is Cc1ccc(NC(=O)Nc2ccc3c(c2)C(=Cc2[nH]c4c(c2CCC(=O)O)C(=O)CCC4)C(=O)N3)cc1. The highest BCUT2D eigenvalue weighted by atomic mass is 16.4. The average molecular weight is 499 g/mol. The number of aromatic nitrogens is 1. The van der Waals surface area contributed by atoms with Crippen molar-refractivity contribution in [2.75, 3.05) is 16.0 Å². The zero-order chi connectivity index (χ0) is 26.1. The minimum Gasteiger partial charge on any atom is -0.481 e. The van der Waals surface area contributed by atoms with Crippen LogP contribution in [0.1, 0.15) is 57.7 Å². The quantitative estimate of drug-likeness (QED) is 0.304. The first-order valence-corrected chi connectivity index (χ1v) is 12.1. The van der Waals surface area contributed by atoms with Crippen LogP contribution in [0.25, 0.3) is 11.6 Å². The molecule has 0 radical (unpaired) electrons. The zero-order valence-electron chi connectivity index (χ0n) is 20.2. The van der Waals surface area contributed by atoms with Crippen molar-refractivity contribution in [1.29, 1.82) is 0 Å². The predicted molar refractivity (Wildman–Crippen MR) is 141 cm³/mol. The molecule has 3 aromatic rings. The molecule has 1 aromatic heterocycles. The topological polar surface area (TPSA) is 140 Å². The monoisotopic (exact) mass is 498 g/mol. The van der Waals surface area contributed by atoms with Crippen molar-refractivity contribution in [3.63, 3.8) is 0 Å². The number of aromatic amines is 1. The van der Waals surface area contributed by atoms with Crippen molar-refractivity contribution in [2.45, 2.75) is 39.0 Å². The number of aryl methyl sites for hydroxylation is 2. The lowest BCUT2D eigenvalue weighted by Gasteiger charge is -2.11. The van der Waals surface area contributed by atoms with Crippen LogP contribution in [0.5, 0.6) is 0 Å². The number of carboxylic acids is 1. The van der Waals surface area contributed by atoms with Crippen LogP contribution in [0.2, 0.25) is 0 Å². The van der Waals surface area contributed by atoms with Gasteiger partial charge >= 0.3 is 12.0 Å². The fourth-order valence-corrected chi connectivity index (χ4v) is 4.79. The summed E-state index contributed by atoms with van der Waals surface area (Å²) in [4.78, 5) is 52.5. The number of anilines is 3. The number of ketones is 1. The summed E-state index contributed by atoms with van der Waals surface area (Å²) < 4.78 is 0. The molecule has 188 valence electrons. The van der Waals surface area contributed by atoms with E-state index in [0.717, 1.165) is 17.7 Å². The second-order valence-corrected chi connectivity index (χ2v) is 9.26. The highest BCUT2D eigenvalue weighted by Crippen LogP contribution is 2.37. The van der Waals surface area contributed by atoms with Crippen LogP contribution in [-0.4, -0.2) is 33.8 Å². The third-order valence-electron chi connectivity index (χ3n) is 6.57. The Kier molecular flexibility index (Phi) is 6.35. The van der Waals surface area contributed by atoms with Gasteiger partial charge in [-0.1, -0.05) is 17.7 Å². The number of fused-ring (bicyclic) bond motifs is 2. The maximum atomic E-state index is 12.9. The van der Waals surface area contributed by atoms with E-state index >= 15 is 0 Å². The van der Waals surface area contributed by atoms with E-state index in [0.29, 0.717) is 57.9 Å². The molecule has 5 rings (SSSR count). The molecule has 0 spiro atoms. The minimum absolute atomic E-state index is 0.00936. The molecule has 2 aromatic carbocycles. The number of urea groups is 1. The Morgan fingerprint density at radius 2 is 1.76 bits per heavy atom. The van der Waals surface area contributed by atoms with Crippen molar-refractivity contribution in [3.8, 4) is 0 Å². The van der Waals surface area contributed by atoms with Crippen molar-refractivity contribution in [3.05, 3.63) is 76.1 Å². The maximum Gasteiger partial charge on any atom is 0.323 e. The van der Waals surface area contributed by atoms with Gasteiger partial charge in [0.1, 0.15) is 0 Å². The smallest absolute Gasteiger partial charge is 0.323 e. The van der Waals surface area contributed by atoms with Gasteiger partial charge < -0.3 is 26.0 Å². The van der Waals surface area contributed by atoms with Gasteiger partial charge in [-0.05, 0) is 68.2 Å². The number of aliphatic carboxylic acids is 1. The fourth-order valence-electron chi connectivity index (χ4n) is 4.79. The van der Waals surface area contributed by atoms with Crippen LogP contribution >= 0.6 is 0 Å². The Morgan fingerprint density at radius 1 is 1.03 bits per heavy atom. The number of Topliss-reactive ketones (excluding diaryl/α,β-unsaturated/α-hetero) is 1. The van der Waals surface area contributed by atoms with Gasteiger partial charge in [0.25, 0.3) is 5.91 Å². The van der Waals surface area contributed by atoms with E-state index in [4.69, 9.17) is 0 Å². The highest BCUT2D eigenvalue weighted by Gasteiger charge is 2.29. The van der Waals surface area contributed by atoms with Crippen molar-refractivity contribution < 1.29 is 24.3 Å². The van der Waals surface area contributed by atoms with Gasteiger partial charge in [-0.3, -0.25) is 14.4 Å². The molecule has 9 nitrogen and oxygen atoms in total. The molecule has 1 aliphatic carbocycles. The fraction of sp³-hybridized carbons (Fsp3) is 0.214. The van der Waals surface area contributed by atoms with Crippen molar-refractivity contribution >= 4 is 52.4 Å². The normalized spacial score (nSPS) is 15.2. The standard InChI is InChI=1S/C28H26N4O5/c1-15-5-7-16(8-6-15)29-28(37)30-17-9-11-21-19(13-17)20(27(36)32-21)14-23-18(10-12-25(34)35)26-22(31-23)3-2-4-24(26)33/h5-9,11,13-14,31H,2-4,10,12H2,1H3,(H,32,36)(H,34,35)(H2,29,30,37). The van der Waals surface area contributed by atoms with Crippen LogP contribution in [-0.2, 0) is 22.4 Å². The summed E-state index contributed by atoms with van der Waals surface area (Å²) in [6.07, 6.45) is 3.56. The molecular formula is C28H26N4O5. The number of hydrogen-bond donors (Lipinski definition) is 5. The number of carbonyl (C=O) groups excluding carboxylic acids is 3. The molecule has 5 N–H and O–H groups in total. The van der Waals surface area contributed by atoms with Gasteiger partial charge in [-0.25, -0.2) is 4.79 Å². The number of amides is 3. The summed E-state index contributed by atoms with van der Waals surface area (Å²) in [7, 11) is 0. The number of rotatable bonds is 6. The maximum absolute atomic E-state index is 12.9. The minimum atomic E-state index is -0.958. The number of H-pyrrole nitrogens is 1. The summed E-state index contributed by atoms with van der Waals surface area (Å²) in [5.74, 6) is -1.29. The van der Waals surface area contributed by atoms with E-state index in [1.165, 1.54) is 0 Å². The molecule has 0 fully saturated rings. The molecule has 9 heteroatoms. The summed E-state index contributed by atoms with van der Waals surface area (Å²) in [5.41, 5.74) is 6.32. The van der Waals surface area contributed by atoms with Crippen LogP contribution < -0.4 is 16.0 Å². The number of benzene rings is 2. The molecule has 0 unspecified atom stereocenters. The molecule has 0 saturated heterocycles. The molecule has 2 heterocycles. The molecule has 2 aliphatic rings. The Labute approximate surface area is 213 Å². The van der Waals surface area contributed by atoms with Crippen LogP contribution in [0.3, 0.4) is 0 Å². The first kappa shape index (κ1) is 24.1. The zero-order valence-corrected chi connectivity index (χ0v) is 20.2. The highest BCUT2D eigenvalue weighted by molar-refractivity contribution is 6.35. The summed E-state index contributed by atoms with van der Waals surface area (Å²) in [6, 6.07) is 12.1. The largest absolute Gasteiger partial charge is 0.481 e. The Hall–Kier alpha value is -4.66. The lowest BCUT2D eigenvalue weighted by molar-refractivity contribution is -0.137. The second kappa shape index (κ2) is 9.77. The molecule has 1 aliphatic heterocycles. The molecular weight excluding hydrogens is 472 g/mol. The van der Waals surface area contributed by atoms with E-state index in [2.05, 4.69) is 20.9 Å². The van der Waals surface area contributed by atoms with Crippen LogP contribution in [0.15, 0.2) is 42.5 Å². The van der Waals surface area contributed by atoms with Crippen LogP contribution in [0, 0.1) is 6.92 Å². The van der Waals surface area contributed by atoms with E-state index in [9.17, 15) is 24.3 Å². The number of carbonyl (C=O) groups is 4. The summed E-state index contributed by atoms with van der Waals surface area (Å²) >= 11 is 0. The molecule has 0 atom stereocenters. The van der Waals surface area contributed by atoms with Gasteiger partial charge in [0.2, 0.25) is 0 Å². The first-order valence-electron chi connectivity index (χ1n) is 12.1. The van der Waals surface area contributed by atoms with Gasteiger partial charge in [0.15, 0.2) is 5.78 Å². The molecule has 3 amide bonds. The van der Waals surface area contributed by atoms with Gasteiger partial charge in [0.05, 0.1) is 5.57 Å². The molecule has 37 heavy (non-hydrogen) atoms. The van der Waals surface area contributed by atoms with E-state index < -0.39 is 12.0 Å². The number of nitrogens with one attached hydrogen (secondary N) is 4.